The first-order valence-corrected chi connectivity index (χ1v) is 6.68. The molecule has 0 saturated carbocycles. The molecule has 6 heteroatoms. The highest BCUT2D eigenvalue weighted by molar-refractivity contribution is 5.92. The molecule has 0 atom stereocenters. The molecule has 0 N–H and O–H groups in total. The topological polar surface area (TPSA) is 65.8 Å². The summed E-state index contributed by atoms with van der Waals surface area (Å²) in [5.74, 6) is 0.686. The molecule has 0 aliphatic carbocycles. The van der Waals surface area contributed by atoms with Gasteiger partial charge in [0.15, 0.2) is 5.76 Å². The standard InChI is InChI=1S/C15H16N4O2/c1-10-7-16-19(8-10)15(20)14-5-4-13(21-14)9-18-12(3)6-11(2)17-18/h4-8H,9H2,1-3H3. The van der Waals surface area contributed by atoms with E-state index in [0.717, 1.165) is 17.0 Å². The summed E-state index contributed by atoms with van der Waals surface area (Å²) in [5.41, 5.74) is 2.94. The van der Waals surface area contributed by atoms with E-state index < -0.39 is 0 Å². The van der Waals surface area contributed by atoms with Crippen molar-refractivity contribution in [1.82, 2.24) is 19.6 Å². The summed E-state index contributed by atoms with van der Waals surface area (Å²) in [4.78, 5) is 12.2. The minimum atomic E-state index is -0.275. The van der Waals surface area contributed by atoms with Gasteiger partial charge in [0.2, 0.25) is 0 Å². The molecular formula is C15H16N4O2. The summed E-state index contributed by atoms with van der Waals surface area (Å²) in [6, 6.07) is 5.46. The van der Waals surface area contributed by atoms with Gasteiger partial charge in [0.25, 0.3) is 0 Å². The van der Waals surface area contributed by atoms with E-state index in [1.54, 1.807) is 24.5 Å². The van der Waals surface area contributed by atoms with Crippen LogP contribution in [0.25, 0.3) is 0 Å². The van der Waals surface area contributed by atoms with Crippen LogP contribution in [0.3, 0.4) is 0 Å². The highest BCUT2D eigenvalue weighted by Gasteiger charge is 2.15. The van der Waals surface area contributed by atoms with Crippen LogP contribution in [-0.4, -0.2) is 25.5 Å². The predicted octanol–water partition coefficient (Wildman–Crippen LogP) is 2.33. The lowest BCUT2D eigenvalue weighted by molar-refractivity contribution is 0.0915. The molecule has 3 heterocycles. The van der Waals surface area contributed by atoms with Crippen molar-refractivity contribution in [3.8, 4) is 0 Å². The number of carbonyl (C=O) groups is 1. The van der Waals surface area contributed by atoms with E-state index in [2.05, 4.69) is 10.2 Å². The summed E-state index contributed by atoms with van der Waals surface area (Å²) in [6.07, 6.45) is 3.31. The highest BCUT2D eigenvalue weighted by atomic mass is 16.4. The summed E-state index contributed by atoms with van der Waals surface area (Å²) in [6.45, 7) is 6.32. The van der Waals surface area contributed by atoms with Crippen LogP contribution in [0, 0.1) is 20.8 Å². The van der Waals surface area contributed by atoms with Crippen molar-refractivity contribution in [2.24, 2.45) is 0 Å². The van der Waals surface area contributed by atoms with Gasteiger partial charge in [0.05, 0.1) is 18.4 Å². The molecule has 3 aromatic heterocycles. The number of nitrogens with zero attached hydrogens (tertiary/aromatic N) is 4. The molecule has 0 spiro atoms. The number of hydrogen-bond donors (Lipinski definition) is 0. The maximum Gasteiger partial charge on any atom is 0.313 e. The molecule has 0 saturated heterocycles. The Bertz CT molecular complexity index is 794. The van der Waals surface area contributed by atoms with Gasteiger partial charge in [-0.15, -0.1) is 0 Å². The smallest absolute Gasteiger partial charge is 0.313 e. The number of furan rings is 1. The van der Waals surface area contributed by atoms with E-state index in [-0.39, 0.29) is 11.7 Å². The monoisotopic (exact) mass is 284 g/mol. The fourth-order valence-corrected chi connectivity index (χ4v) is 2.20. The molecule has 0 aliphatic heterocycles. The molecule has 0 fully saturated rings. The SMILES string of the molecule is Cc1cnn(C(=O)c2ccc(Cn3nc(C)cc3C)o2)c1. The number of hydrogen-bond acceptors (Lipinski definition) is 4. The van der Waals surface area contributed by atoms with Crippen LogP contribution < -0.4 is 0 Å². The van der Waals surface area contributed by atoms with Crippen LogP contribution in [0.15, 0.2) is 35.0 Å². The number of carbonyl (C=O) groups excluding carboxylic acids is 1. The summed E-state index contributed by atoms with van der Waals surface area (Å²) in [7, 11) is 0. The summed E-state index contributed by atoms with van der Waals surface area (Å²) in [5, 5.41) is 8.37. The molecular weight excluding hydrogens is 268 g/mol. The molecule has 108 valence electrons. The molecule has 0 unspecified atom stereocenters. The molecule has 0 bridgehead atoms. The molecule has 0 aliphatic rings. The lowest BCUT2D eigenvalue weighted by atomic mass is 10.4. The number of aromatic nitrogens is 4. The average Bonchev–Trinajstić information content (AvgIpc) is 3.12. The van der Waals surface area contributed by atoms with Crippen molar-refractivity contribution < 1.29 is 9.21 Å². The Morgan fingerprint density at radius 3 is 2.71 bits per heavy atom. The van der Waals surface area contributed by atoms with E-state index in [9.17, 15) is 4.79 Å². The predicted molar refractivity (Wildman–Crippen MR) is 76.2 cm³/mol. The van der Waals surface area contributed by atoms with E-state index >= 15 is 0 Å². The second kappa shape index (κ2) is 5.05. The van der Waals surface area contributed by atoms with Gasteiger partial charge in [-0.1, -0.05) is 0 Å². The lowest BCUT2D eigenvalue weighted by Crippen LogP contribution is -2.11. The van der Waals surface area contributed by atoms with Crippen LogP contribution in [0.1, 0.15) is 33.3 Å². The summed E-state index contributed by atoms with van der Waals surface area (Å²) >= 11 is 0. The zero-order valence-corrected chi connectivity index (χ0v) is 12.2. The number of aryl methyl sites for hydroxylation is 3. The first-order chi connectivity index (χ1) is 10.0. The second-order valence-electron chi connectivity index (χ2n) is 5.12. The van der Waals surface area contributed by atoms with Gasteiger partial charge in [0.1, 0.15) is 5.76 Å². The van der Waals surface area contributed by atoms with Gasteiger partial charge >= 0.3 is 5.91 Å². The molecule has 21 heavy (non-hydrogen) atoms. The van der Waals surface area contributed by atoms with Crippen molar-refractivity contribution >= 4 is 5.91 Å². The lowest BCUT2D eigenvalue weighted by Gasteiger charge is -2.01. The molecule has 6 nitrogen and oxygen atoms in total. The fourth-order valence-electron chi connectivity index (χ4n) is 2.20. The zero-order valence-electron chi connectivity index (χ0n) is 12.2. The Labute approximate surface area is 122 Å². The third-order valence-electron chi connectivity index (χ3n) is 3.20. The molecule has 0 radical (unpaired) electrons. The van der Waals surface area contributed by atoms with E-state index in [0.29, 0.717) is 12.3 Å². The minimum Gasteiger partial charge on any atom is -0.454 e. The molecule has 3 aromatic rings. The zero-order chi connectivity index (χ0) is 15.0. The Balaban J connectivity index is 1.80. The van der Waals surface area contributed by atoms with Crippen molar-refractivity contribution in [1.29, 1.82) is 0 Å². The minimum absolute atomic E-state index is 0.273. The quantitative estimate of drug-likeness (QED) is 0.740. The largest absolute Gasteiger partial charge is 0.454 e. The van der Waals surface area contributed by atoms with Crippen LogP contribution >= 0.6 is 0 Å². The molecule has 3 rings (SSSR count). The third-order valence-corrected chi connectivity index (χ3v) is 3.20. The molecule has 0 amide bonds. The third kappa shape index (κ3) is 2.65. The van der Waals surface area contributed by atoms with E-state index in [4.69, 9.17) is 4.42 Å². The Hall–Kier alpha value is -2.63. The maximum absolute atomic E-state index is 12.2. The van der Waals surface area contributed by atoms with Gasteiger partial charge in [-0.3, -0.25) is 9.48 Å². The summed E-state index contributed by atoms with van der Waals surface area (Å²) < 4.78 is 8.73. The van der Waals surface area contributed by atoms with Gasteiger partial charge in [0, 0.05) is 11.9 Å². The van der Waals surface area contributed by atoms with E-state index in [1.165, 1.54) is 4.68 Å². The number of rotatable bonds is 3. The van der Waals surface area contributed by atoms with Crippen molar-refractivity contribution in [2.45, 2.75) is 27.3 Å². The normalized spacial score (nSPS) is 11.0. The van der Waals surface area contributed by atoms with Gasteiger partial charge in [-0.2, -0.15) is 10.2 Å². The maximum atomic E-state index is 12.2. The fraction of sp³-hybridized carbons (Fsp3) is 0.267. The first kappa shape index (κ1) is 13.4. The van der Waals surface area contributed by atoms with Crippen molar-refractivity contribution in [2.75, 3.05) is 0 Å². The second-order valence-corrected chi connectivity index (χ2v) is 5.12. The van der Waals surface area contributed by atoms with Crippen LogP contribution in [0.5, 0.6) is 0 Å². The van der Waals surface area contributed by atoms with Crippen LogP contribution in [0.4, 0.5) is 0 Å². The molecule has 0 aromatic carbocycles. The Morgan fingerprint density at radius 2 is 2.10 bits per heavy atom. The Kier molecular flexibility index (Phi) is 3.21. The average molecular weight is 284 g/mol. The van der Waals surface area contributed by atoms with Crippen LogP contribution in [-0.2, 0) is 6.54 Å². The van der Waals surface area contributed by atoms with E-state index in [1.807, 2.05) is 31.5 Å². The van der Waals surface area contributed by atoms with Gasteiger partial charge in [-0.25, -0.2) is 4.68 Å². The Morgan fingerprint density at radius 1 is 1.29 bits per heavy atom. The first-order valence-electron chi connectivity index (χ1n) is 6.68. The highest BCUT2D eigenvalue weighted by Crippen LogP contribution is 2.13. The van der Waals surface area contributed by atoms with Crippen molar-refractivity contribution in [3.05, 3.63) is 59.1 Å². The van der Waals surface area contributed by atoms with Gasteiger partial charge < -0.3 is 4.42 Å². The van der Waals surface area contributed by atoms with Crippen molar-refractivity contribution in [3.63, 3.8) is 0 Å². The van der Waals surface area contributed by atoms with Gasteiger partial charge in [-0.05, 0) is 44.5 Å². The van der Waals surface area contributed by atoms with Crippen LogP contribution in [0.2, 0.25) is 0 Å².